The number of amides is 1. The third-order valence-corrected chi connectivity index (χ3v) is 3.37. The molecule has 1 fully saturated rings. The van der Waals surface area contributed by atoms with E-state index < -0.39 is 18.0 Å². The molecule has 1 saturated carbocycles. The van der Waals surface area contributed by atoms with Crippen molar-refractivity contribution in [2.24, 2.45) is 5.92 Å². The van der Waals surface area contributed by atoms with Gasteiger partial charge in [0.2, 0.25) is 5.91 Å². The minimum Gasteiger partial charge on any atom is -0.469 e. The van der Waals surface area contributed by atoms with E-state index in [1.54, 1.807) is 0 Å². The lowest BCUT2D eigenvalue weighted by Crippen LogP contribution is -2.43. The topological polar surface area (TPSA) is 81.7 Å². The molecule has 0 unspecified atom stereocenters. The zero-order chi connectivity index (χ0) is 14.3. The summed E-state index contributed by atoms with van der Waals surface area (Å²) in [6, 6.07) is -0.966. The molecule has 1 rings (SSSR count). The molecule has 1 atom stereocenters. The average Bonchev–Trinajstić information content (AvgIpc) is 2.89. The summed E-state index contributed by atoms with van der Waals surface area (Å²) in [4.78, 5) is 34.5. The van der Waals surface area contributed by atoms with Crippen molar-refractivity contribution in [3.8, 4) is 0 Å². The maximum absolute atomic E-state index is 11.8. The highest BCUT2D eigenvalue weighted by Gasteiger charge is 2.26. The van der Waals surface area contributed by atoms with Crippen LogP contribution in [0.15, 0.2) is 0 Å². The molecule has 0 heterocycles. The van der Waals surface area contributed by atoms with Gasteiger partial charge in [-0.15, -0.1) is 0 Å². The van der Waals surface area contributed by atoms with E-state index in [1.807, 2.05) is 0 Å². The van der Waals surface area contributed by atoms with Crippen LogP contribution < -0.4 is 5.32 Å². The molecule has 6 nitrogen and oxygen atoms in total. The zero-order valence-corrected chi connectivity index (χ0v) is 11.4. The van der Waals surface area contributed by atoms with Crippen LogP contribution in [0, 0.1) is 5.92 Å². The largest absolute Gasteiger partial charge is 0.469 e. The minimum absolute atomic E-state index is 0.209. The van der Waals surface area contributed by atoms with Gasteiger partial charge in [0.05, 0.1) is 20.6 Å². The van der Waals surface area contributed by atoms with Crippen molar-refractivity contribution >= 4 is 17.8 Å². The van der Waals surface area contributed by atoms with Crippen LogP contribution in [0.1, 0.15) is 38.5 Å². The van der Waals surface area contributed by atoms with Gasteiger partial charge in [-0.05, 0) is 18.8 Å². The Morgan fingerprint density at radius 2 is 1.79 bits per heavy atom. The molecule has 1 amide bonds. The fraction of sp³-hybridized carbons (Fsp3) is 0.769. The quantitative estimate of drug-likeness (QED) is 0.722. The predicted molar refractivity (Wildman–Crippen MR) is 67.2 cm³/mol. The number of carbonyl (C=O) groups excluding carboxylic acids is 3. The molecule has 0 spiro atoms. The Kier molecular flexibility index (Phi) is 6.32. The number of rotatable bonds is 6. The Bertz CT molecular complexity index is 336. The second-order valence-corrected chi connectivity index (χ2v) is 4.78. The third-order valence-electron chi connectivity index (χ3n) is 3.37. The molecule has 0 aromatic rings. The van der Waals surface area contributed by atoms with Gasteiger partial charge in [-0.1, -0.05) is 12.8 Å². The van der Waals surface area contributed by atoms with Crippen molar-refractivity contribution in [2.75, 3.05) is 14.2 Å². The van der Waals surface area contributed by atoms with Crippen molar-refractivity contribution in [3.63, 3.8) is 0 Å². The SMILES string of the molecule is COC(=O)C[C@@H](NC(=O)CC1CCCC1)C(=O)OC. The number of ether oxygens (including phenoxy) is 2. The van der Waals surface area contributed by atoms with Crippen LogP contribution in [0.3, 0.4) is 0 Å². The van der Waals surface area contributed by atoms with Gasteiger partial charge in [0.25, 0.3) is 0 Å². The van der Waals surface area contributed by atoms with E-state index >= 15 is 0 Å². The van der Waals surface area contributed by atoms with Crippen LogP contribution >= 0.6 is 0 Å². The number of hydrogen-bond donors (Lipinski definition) is 1. The summed E-state index contributed by atoms with van der Waals surface area (Å²) in [7, 11) is 2.45. The fourth-order valence-corrected chi connectivity index (χ4v) is 2.32. The van der Waals surface area contributed by atoms with Crippen molar-refractivity contribution in [3.05, 3.63) is 0 Å². The smallest absolute Gasteiger partial charge is 0.328 e. The molecule has 0 saturated heterocycles. The molecule has 0 aromatic carbocycles. The number of esters is 2. The number of carbonyl (C=O) groups is 3. The molecule has 1 aliphatic rings. The lowest BCUT2D eigenvalue weighted by Gasteiger charge is -2.16. The first-order chi connectivity index (χ1) is 9.06. The number of nitrogens with one attached hydrogen (secondary N) is 1. The monoisotopic (exact) mass is 271 g/mol. The van der Waals surface area contributed by atoms with Crippen LogP contribution in [0.2, 0.25) is 0 Å². The van der Waals surface area contributed by atoms with Crippen molar-refractivity contribution in [1.29, 1.82) is 0 Å². The van der Waals surface area contributed by atoms with Crippen LogP contribution in [0.25, 0.3) is 0 Å². The summed E-state index contributed by atoms with van der Waals surface area (Å²) in [5.41, 5.74) is 0. The van der Waals surface area contributed by atoms with Crippen molar-refractivity contribution in [1.82, 2.24) is 5.32 Å². The van der Waals surface area contributed by atoms with Gasteiger partial charge in [0.15, 0.2) is 0 Å². The average molecular weight is 271 g/mol. The maximum atomic E-state index is 11.8. The molecule has 0 bridgehead atoms. The first-order valence-corrected chi connectivity index (χ1v) is 6.50. The molecular weight excluding hydrogens is 250 g/mol. The first kappa shape index (κ1) is 15.5. The molecule has 0 aliphatic heterocycles. The van der Waals surface area contributed by atoms with E-state index in [0.29, 0.717) is 12.3 Å². The highest BCUT2D eigenvalue weighted by molar-refractivity contribution is 5.88. The second kappa shape index (κ2) is 7.76. The lowest BCUT2D eigenvalue weighted by molar-refractivity contribution is -0.150. The maximum Gasteiger partial charge on any atom is 0.328 e. The van der Waals surface area contributed by atoms with E-state index in [4.69, 9.17) is 0 Å². The summed E-state index contributed by atoms with van der Waals surface area (Å²) >= 11 is 0. The minimum atomic E-state index is -0.966. The Labute approximate surface area is 112 Å². The molecular formula is C13H21NO5. The van der Waals surface area contributed by atoms with E-state index in [0.717, 1.165) is 25.7 Å². The highest BCUT2D eigenvalue weighted by Crippen LogP contribution is 2.27. The van der Waals surface area contributed by atoms with E-state index in [2.05, 4.69) is 14.8 Å². The van der Waals surface area contributed by atoms with Crippen LogP contribution in [-0.2, 0) is 23.9 Å². The molecule has 108 valence electrons. The van der Waals surface area contributed by atoms with Crippen molar-refractivity contribution in [2.45, 2.75) is 44.6 Å². The van der Waals surface area contributed by atoms with E-state index in [1.165, 1.54) is 14.2 Å². The van der Waals surface area contributed by atoms with Gasteiger partial charge in [0, 0.05) is 6.42 Å². The van der Waals surface area contributed by atoms with Gasteiger partial charge in [0.1, 0.15) is 6.04 Å². The Morgan fingerprint density at radius 3 is 2.32 bits per heavy atom. The van der Waals surface area contributed by atoms with Crippen LogP contribution in [-0.4, -0.2) is 38.1 Å². The molecule has 6 heteroatoms. The van der Waals surface area contributed by atoms with E-state index in [9.17, 15) is 14.4 Å². The Morgan fingerprint density at radius 1 is 1.16 bits per heavy atom. The Balaban J connectivity index is 2.47. The summed E-state index contributed by atoms with van der Waals surface area (Å²) in [5, 5.41) is 2.55. The van der Waals surface area contributed by atoms with Crippen molar-refractivity contribution < 1.29 is 23.9 Å². The first-order valence-electron chi connectivity index (χ1n) is 6.50. The standard InChI is InChI=1S/C13H21NO5/c1-18-12(16)8-10(13(17)19-2)14-11(15)7-9-5-3-4-6-9/h9-10H,3-8H2,1-2H3,(H,14,15)/t10-/m1/s1. The number of hydrogen-bond acceptors (Lipinski definition) is 5. The number of methoxy groups -OCH3 is 2. The molecule has 0 radical (unpaired) electrons. The highest BCUT2D eigenvalue weighted by atomic mass is 16.5. The normalized spacial score (nSPS) is 16.7. The molecule has 0 aromatic heterocycles. The second-order valence-electron chi connectivity index (χ2n) is 4.78. The van der Waals surface area contributed by atoms with Gasteiger partial charge in [-0.2, -0.15) is 0 Å². The zero-order valence-electron chi connectivity index (χ0n) is 11.4. The summed E-state index contributed by atoms with van der Waals surface area (Å²) < 4.78 is 9.06. The van der Waals surface area contributed by atoms with Crippen LogP contribution in [0.4, 0.5) is 0 Å². The third kappa shape index (κ3) is 5.28. The molecule has 1 aliphatic carbocycles. The summed E-state index contributed by atoms with van der Waals surface area (Å²) in [5.74, 6) is -1.02. The van der Waals surface area contributed by atoms with Gasteiger partial charge < -0.3 is 14.8 Å². The van der Waals surface area contributed by atoms with Gasteiger partial charge in [-0.3, -0.25) is 9.59 Å². The van der Waals surface area contributed by atoms with Crippen LogP contribution in [0.5, 0.6) is 0 Å². The Hall–Kier alpha value is -1.59. The molecule has 1 N–H and O–H groups in total. The fourth-order valence-electron chi connectivity index (χ4n) is 2.32. The lowest BCUT2D eigenvalue weighted by atomic mass is 10.0. The summed E-state index contributed by atoms with van der Waals surface area (Å²) in [6.45, 7) is 0. The van der Waals surface area contributed by atoms with Gasteiger partial charge >= 0.3 is 11.9 Å². The molecule has 19 heavy (non-hydrogen) atoms. The predicted octanol–water partition coefficient (Wildman–Crippen LogP) is 0.788. The van der Waals surface area contributed by atoms with E-state index in [-0.39, 0.29) is 12.3 Å². The summed E-state index contributed by atoms with van der Waals surface area (Å²) in [6.07, 6.45) is 4.59. The van der Waals surface area contributed by atoms with Gasteiger partial charge in [-0.25, -0.2) is 4.79 Å².